The van der Waals surface area contributed by atoms with Gasteiger partial charge in [0, 0.05) is 55.2 Å². The van der Waals surface area contributed by atoms with Crippen LogP contribution in [-0.2, 0) is 14.3 Å². The maximum absolute atomic E-state index is 13.9. The maximum atomic E-state index is 13.9. The number of hydrogen-bond acceptors (Lipinski definition) is 10. The molecule has 2 aromatic carbocycles. The van der Waals surface area contributed by atoms with Crippen LogP contribution in [0, 0.1) is 5.92 Å². The van der Waals surface area contributed by atoms with Crippen molar-refractivity contribution in [2.45, 2.75) is 81.6 Å². The molecule has 3 aliphatic rings. The van der Waals surface area contributed by atoms with E-state index in [4.69, 9.17) is 10.5 Å². The molecule has 0 bridgehead atoms. The van der Waals surface area contributed by atoms with Crippen molar-refractivity contribution in [2.75, 3.05) is 25.1 Å². The topological polar surface area (TPSA) is 177 Å². The Morgan fingerprint density at radius 2 is 1.87 bits per heavy atom. The lowest BCUT2D eigenvalue weighted by molar-refractivity contribution is -0.135. The van der Waals surface area contributed by atoms with Gasteiger partial charge in [0.15, 0.2) is 6.29 Å². The number of nitrogens with zero attached hydrogens (tertiary/aromatic N) is 2. The third-order valence-corrected chi connectivity index (χ3v) is 10.0. The first-order chi connectivity index (χ1) is 25.0. The summed E-state index contributed by atoms with van der Waals surface area (Å²) in [6, 6.07) is 7.39. The molecule has 3 heterocycles. The van der Waals surface area contributed by atoms with E-state index in [1.54, 1.807) is 12.1 Å². The molecule has 15 heteroatoms. The highest BCUT2D eigenvalue weighted by Crippen LogP contribution is 2.34. The zero-order valence-electron chi connectivity index (χ0n) is 28.5. The Kier molecular flexibility index (Phi) is 11.5. The van der Waals surface area contributed by atoms with Gasteiger partial charge in [-0.1, -0.05) is 6.07 Å². The van der Waals surface area contributed by atoms with E-state index in [2.05, 4.69) is 31.2 Å². The molecule has 1 aromatic heterocycles. The summed E-state index contributed by atoms with van der Waals surface area (Å²) in [5, 5.41) is 11.2. The Labute approximate surface area is 298 Å². The largest absolute Gasteiger partial charge is 0.407 e. The Morgan fingerprint density at radius 1 is 1.08 bits per heavy atom. The molecule has 6 rings (SSSR count). The van der Waals surface area contributed by atoms with Crippen molar-refractivity contribution in [1.29, 1.82) is 0 Å². The van der Waals surface area contributed by atoms with Crippen molar-refractivity contribution in [3.05, 3.63) is 71.2 Å². The van der Waals surface area contributed by atoms with Gasteiger partial charge in [-0.2, -0.15) is 13.2 Å². The van der Waals surface area contributed by atoms with Gasteiger partial charge in [-0.05, 0) is 92.7 Å². The Morgan fingerprint density at radius 3 is 2.60 bits per heavy atom. The van der Waals surface area contributed by atoms with E-state index in [1.165, 1.54) is 18.5 Å². The average Bonchev–Trinajstić information content (AvgIpc) is 3.12. The molecule has 3 amide bonds. The molecule has 52 heavy (non-hydrogen) atoms. The van der Waals surface area contributed by atoms with Crippen molar-refractivity contribution in [3.63, 3.8) is 0 Å². The molecule has 2 atom stereocenters. The number of nitrogens with one attached hydrogen (secondary N) is 4. The van der Waals surface area contributed by atoms with Crippen LogP contribution in [0.1, 0.15) is 89.3 Å². The highest BCUT2D eigenvalue weighted by Gasteiger charge is 2.41. The van der Waals surface area contributed by atoms with Gasteiger partial charge in [0.25, 0.3) is 5.91 Å². The van der Waals surface area contributed by atoms with E-state index in [0.29, 0.717) is 54.6 Å². The number of piperidine rings is 1. The Bertz CT molecular complexity index is 1840. The van der Waals surface area contributed by atoms with Crippen LogP contribution < -0.4 is 27.0 Å². The molecule has 0 spiro atoms. The number of ether oxygens (including phenoxy) is 1. The molecule has 1 saturated carbocycles. The zero-order chi connectivity index (χ0) is 36.8. The number of rotatable bonds is 13. The molecule has 6 N–H and O–H groups in total. The number of amides is 3. The quantitative estimate of drug-likeness (QED) is 0.0968. The lowest BCUT2D eigenvalue weighted by atomic mass is 9.77. The molecule has 12 nitrogen and oxygen atoms in total. The standard InChI is InChI=1S/C37H42F3N7O5/c38-37(39,40)34(41)28(32-19-44-29-6-4-23(16-31(29)45-32)22-9-12-52-13-10-22)18-43-26-14-21(15-26)2-1-11-42-25-5-3-24(20-48)27(17-25)35(50)46-30-7-8-33(49)47-36(30)51/h3-6,16-22,26,30,34,42-43H,1-2,7-15,41H2,(H,46,50)(H,47,49,51)/b28-18-. The minimum Gasteiger partial charge on any atom is -0.388 e. The van der Waals surface area contributed by atoms with Crippen LogP contribution >= 0.6 is 0 Å². The summed E-state index contributed by atoms with van der Waals surface area (Å²) in [6.07, 6.45) is 3.85. The zero-order valence-corrected chi connectivity index (χ0v) is 28.5. The van der Waals surface area contributed by atoms with Crippen molar-refractivity contribution in [3.8, 4) is 0 Å². The van der Waals surface area contributed by atoms with E-state index in [0.717, 1.165) is 44.1 Å². The monoisotopic (exact) mass is 721 g/mol. The molecule has 3 aromatic rings. The van der Waals surface area contributed by atoms with Gasteiger partial charge in [0.1, 0.15) is 12.1 Å². The minimum absolute atomic E-state index is 0.0109. The number of alkyl halides is 3. The highest BCUT2D eigenvalue weighted by molar-refractivity contribution is 6.06. The molecule has 3 fully saturated rings. The first-order valence-electron chi connectivity index (χ1n) is 17.6. The number of imide groups is 1. The molecule has 2 saturated heterocycles. The van der Waals surface area contributed by atoms with Gasteiger partial charge in [-0.15, -0.1) is 0 Å². The van der Waals surface area contributed by atoms with Crippen LogP contribution in [0.2, 0.25) is 0 Å². The first kappa shape index (κ1) is 36.9. The summed E-state index contributed by atoms with van der Waals surface area (Å²) in [5.41, 5.74) is 8.73. The normalized spacial score (nSPS) is 21.9. The summed E-state index contributed by atoms with van der Waals surface area (Å²) in [5.74, 6) is -0.889. The van der Waals surface area contributed by atoms with Gasteiger partial charge in [0.2, 0.25) is 11.8 Å². The third kappa shape index (κ3) is 8.94. The van der Waals surface area contributed by atoms with Crippen LogP contribution in [0.4, 0.5) is 18.9 Å². The summed E-state index contributed by atoms with van der Waals surface area (Å²) >= 11 is 0. The van der Waals surface area contributed by atoms with Crippen molar-refractivity contribution >= 4 is 46.3 Å². The number of halogens is 3. The number of nitrogens with two attached hydrogens (primary N) is 1. The highest BCUT2D eigenvalue weighted by atomic mass is 19.4. The average molecular weight is 722 g/mol. The lowest BCUT2D eigenvalue weighted by Gasteiger charge is -2.36. The second-order valence-corrected chi connectivity index (χ2v) is 13.7. The number of hydrogen-bond donors (Lipinski definition) is 5. The second kappa shape index (κ2) is 16.2. The molecular formula is C37H42F3N7O5. The summed E-state index contributed by atoms with van der Waals surface area (Å²) in [4.78, 5) is 56.9. The number of fused-ring (bicyclic) bond motifs is 1. The van der Waals surface area contributed by atoms with Crippen molar-refractivity contribution < 1.29 is 37.1 Å². The van der Waals surface area contributed by atoms with Crippen molar-refractivity contribution in [2.24, 2.45) is 11.7 Å². The lowest BCUT2D eigenvalue weighted by Crippen LogP contribution is -2.52. The van der Waals surface area contributed by atoms with Gasteiger partial charge in [0.05, 0.1) is 28.5 Å². The maximum Gasteiger partial charge on any atom is 0.407 e. The summed E-state index contributed by atoms with van der Waals surface area (Å²) in [6.45, 7) is 1.93. The molecule has 2 aliphatic heterocycles. The van der Waals surface area contributed by atoms with Crippen LogP contribution in [-0.4, -0.2) is 78.0 Å². The van der Waals surface area contributed by atoms with Gasteiger partial charge in [-0.3, -0.25) is 29.5 Å². The number of aldehydes is 1. The number of carbonyl (C=O) groups is 4. The Balaban J connectivity index is 1.01. The number of aromatic nitrogens is 2. The smallest absolute Gasteiger partial charge is 0.388 e. The number of carbonyl (C=O) groups excluding carboxylic acids is 4. The van der Waals surface area contributed by atoms with Crippen LogP contribution in [0.25, 0.3) is 16.6 Å². The molecule has 276 valence electrons. The third-order valence-electron chi connectivity index (χ3n) is 10.0. The van der Waals surface area contributed by atoms with Gasteiger partial charge >= 0.3 is 6.18 Å². The fourth-order valence-electron chi connectivity index (χ4n) is 6.92. The predicted octanol–water partition coefficient (Wildman–Crippen LogP) is 4.36. The van der Waals surface area contributed by atoms with E-state index < -0.39 is 36.0 Å². The van der Waals surface area contributed by atoms with Crippen LogP contribution in [0.3, 0.4) is 0 Å². The van der Waals surface area contributed by atoms with Crippen LogP contribution in [0.5, 0.6) is 0 Å². The fourth-order valence-corrected chi connectivity index (χ4v) is 6.92. The summed E-state index contributed by atoms with van der Waals surface area (Å²) < 4.78 is 47.1. The fraction of sp³-hybridized carbons (Fsp3) is 0.459. The predicted molar refractivity (Wildman–Crippen MR) is 187 cm³/mol. The molecular weight excluding hydrogens is 679 g/mol. The molecule has 1 aliphatic carbocycles. The van der Waals surface area contributed by atoms with Gasteiger partial charge < -0.3 is 26.4 Å². The van der Waals surface area contributed by atoms with Gasteiger partial charge in [-0.25, -0.2) is 4.98 Å². The number of anilines is 1. The summed E-state index contributed by atoms with van der Waals surface area (Å²) in [7, 11) is 0. The first-order valence-corrected chi connectivity index (χ1v) is 17.6. The van der Waals surface area contributed by atoms with E-state index >= 15 is 0 Å². The second-order valence-electron chi connectivity index (χ2n) is 13.7. The minimum atomic E-state index is -4.67. The van der Waals surface area contributed by atoms with E-state index in [1.807, 2.05) is 18.2 Å². The van der Waals surface area contributed by atoms with E-state index in [9.17, 15) is 32.3 Å². The molecule has 0 radical (unpaired) electrons. The van der Waals surface area contributed by atoms with Crippen LogP contribution in [0.15, 0.2) is 48.8 Å². The SMILES string of the molecule is NC(/C(=C\NC1CC(CCCNc2ccc(C=O)c(C(=O)NC3CCC(=O)NC3=O)c2)C1)c1cnc2ccc(C3CCOCC3)cc2n1)C(F)(F)F. The molecule has 2 unspecified atom stereocenters. The van der Waals surface area contributed by atoms with Crippen molar-refractivity contribution in [1.82, 2.24) is 25.9 Å². The van der Waals surface area contributed by atoms with E-state index in [-0.39, 0.29) is 41.3 Å². The number of benzene rings is 2. The Hall–Kier alpha value is -4.89.